The Kier molecular flexibility index (Phi) is 2.48. The van der Waals surface area contributed by atoms with Crippen molar-refractivity contribution in [3.63, 3.8) is 0 Å². The van der Waals surface area contributed by atoms with Gasteiger partial charge in [0, 0.05) is 19.5 Å². The van der Waals surface area contributed by atoms with Gasteiger partial charge in [0.05, 0.1) is 16.8 Å². The third kappa shape index (κ3) is 1.89. The second-order valence-corrected chi connectivity index (χ2v) is 7.01. The summed E-state index contributed by atoms with van der Waals surface area (Å²) in [7, 11) is 0. The van der Waals surface area contributed by atoms with Crippen LogP contribution in [0.25, 0.3) is 0 Å². The first-order chi connectivity index (χ1) is 7.08. The number of hydrogen-bond acceptors (Lipinski definition) is 3. The molecule has 0 saturated carbocycles. The molecular weight excluding hydrogens is 202 g/mol. The predicted molar refractivity (Wildman–Crippen MR) is 64.6 cm³/mol. The minimum atomic E-state index is -0.235. The zero-order chi connectivity index (χ0) is 12.2. The van der Waals surface area contributed by atoms with Gasteiger partial charge in [0.15, 0.2) is 0 Å². The molecule has 1 N–H and O–H groups in total. The number of hydrogen-bond donors (Lipinski definition) is 1. The van der Waals surface area contributed by atoms with E-state index >= 15 is 0 Å². The van der Waals surface area contributed by atoms with Crippen molar-refractivity contribution in [2.45, 2.75) is 70.4 Å². The number of nitrogens with one attached hydrogen (secondary N) is 1. The van der Waals surface area contributed by atoms with Crippen molar-refractivity contribution in [3.8, 4) is 0 Å². The van der Waals surface area contributed by atoms with Gasteiger partial charge >= 0.3 is 0 Å². The van der Waals surface area contributed by atoms with Crippen molar-refractivity contribution in [3.05, 3.63) is 0 Å². The lowest BCUT2D eigenvalue weighted by molar-refractivity contribution is -0.214. The molecule has 0 aromatic rings. The Morgan fingerprint density at radius 3 is 1.88 bits per heavy atom. The highest BCUT2D eigenvalue weighted by molar-refractivity contribution is 5.11. The summed E-state index contributed by atoms with van der Waals surface area (Å²) >= 11 is 0. The Labute approximate surface area is 98.9 Å². The summed E-state index contributed by atoms with van der Waals surface area (Å²) in [6.07, 6.45) is 0.948. The maximum atomic E-state index is 6.39. The maximum absolute atomic E-state index is 6.39. The van der Waals surface area contributed by atoms with Crippen LogP contribution >= 0.6 is 0 Å². The molecule has 94 valence electrons. The van der Waals surface area contributed by atoms with Crippen LogP contribution in [-0.4, -0.2) is 35.5 Å². The second kappa shape index (κ2) is 3.21. The Morgan fingerprint density at radius 1 is 0.812 bits per heavy atom. The van der Waals surface area contributed by atoms with E-state index < -0.39 is 0 Å². The van der Waals surface area contributed by atoms with Gasteiger partial charge in [-0.25, -0.2) is 0 Å². The van der Waals surface area contributed by atoms with E-state index in [1.54, 1.807) is 0 Å². The highest BCUT2D eigenvalue weighted by Gasteiger charge is 2.60. The molecule has 0 bridgehead atoms. The zero-order valence-corrected chi connectivity index (χ0v) is 11.4. The first-order valence-corrected chi connectivity index (χ1v) is 6.19. The first kappa shape index (κ1) is 12.3. The van der Waals surface area contributed by atoms with Crippen LogP contribution in [0, 0.1) is 0 Å². The molecule has 2 rings (SSSR count). The third-order valence-corrected chi connectivity index (χ3v) is 3.77. The van der Waals surface area contributed by atoms with E-state index in [9.17, 15) is 0 Å². The summed E-state index contributed by atoms with van der Waals surface area (Å²) in [5.41, 5.74) is -0.642. The van der Waals surface area contributed by atoms with Crippen LogP contribution in [0.3, 0.4) is 0 Å². The van der Waals surface area contributed by atoms with Gasteiger partial charge < -0.3 is 14.8 Å². The van der Waals surface area contributed by atoms with Crippen LogP contribution in [0.15, 0.2) is 0 Å². The van der Waals surface area contributed by atoms with E-state index in [2.05, 4.69) is 46.9 Å². The SMILES string of the molecule is CC1(C)CC2(CNCC(C)(C)O2)C(C)(C)O1. The molecule has 0 radical (unpaired) electrons. The van der Waals surface area contributed by atoms with Gasteiger partial charge in [-0.15, -0.1) is 0 Å². The number of morpholine rings is 1. The summed E-state index contributed by atoms with van der Waals surface area (Å²) in [6.45, 7) is 14.7. The van der Waals surface area contributed by atoms with E-state index in [0.29, 0.717) is 0 Å². The van der Waals surface area contributed by atoms with Gasteiger partial charge in [-0.2, -0.15) is 0 Å². The van der Waals surface area contributed by atoms with Gasteiger partial charge in [0.1, 0.15) is 5.60 Å². The molecule has 2 aliphatic heterocycles. The monoisotopic (exact) mass is 227 g/mol. The van der Waals surface area contributed by atoms with Crippen LogP contribution in [-0.2, 0) is 9.47 Å². The van der Waals surface area contributed by atoms with Crippen molar-refractivity contribution in [2.75, 3.05) is 13.1 Å². The number of ether oxygens (including phenoxy) is 2. The Bertz CT molecular complexity index is 296. The van der Waals surface area contributed by atoms with Gasteiger partial charge in [0.2, 0.25) is 0 Å². The molecule has 0 amide bonds. The quantitative estimate of drug-likeness (QED) is 0.687. The zero-order valence-electron chi connectivity index (χ0n) is 11.4. The average molecular weight is 227 g/mol. The van der Waals surface area contributed by atoms with Gasteiger partial charge in [-0.05, 0) is 41.5 Å². The molecule has 2 saturated heterocycles. The van der Waals surface area contributed by atoms with Crippen molar-refractivity contribution >= 4 is 0 Å². The standard InChI is InChI=1S/C13H25NO2/c1-10(2)7-13(12(5,6)15-10)9-14-8-11(3,4)16-13/h14H,7-9H2,1-6H3. The predicted octanol–water partition coefficient (Wildman–Crippen LogP) is 2.10. The molecule has 2 aliphatic rings. The maximum Gasteiger partial charge on any atom is 0.112 e. The smallest absolute Gasteiger partial charge is 0.112 e. The fourth-order valence-corrected chi connectivity index (χ4v) is 3.32. The summed E-state index contributed by atoms with van der Waals surface area (Å²) < 4.78 is 12.5. The Balaban J connectivity index is 2.31. The second-order valence-electron chi connectivity index (χ2n) is 7.01. The van der Waals surface area contributed by atoms with Gasteiger partial charge in [-0.1, -0.05) is 0 Å². The highest BCUT2D eigenvalue weighted by atomic mass is 16.6. The first-order valence-electron chi connectivity index (χ1n) is 6.19. The Hall–Kier alpha value is -0.120. The van der Waals surface area contributed by atoms with Gasteiger partial charge in [-0.3, -0.25) is 0 Å². The lowest BCUT2D eigenvalue weighted by atomic mass is 9.80. The van der Waals surface area contributed by atoms with Crippen molar-refractivity contribution in [1.82, 2.24) is 5.32 Å². The molecule has 0 aliphatic carbocycles. The van der Waals surface area contributed by atoms with Crippen LogP contribution in [0.2, 0.25) is 0 Å². The summed E-state index contributed by atoms with van der Waals surface area (Å²) in [5, 5.41) is 3.50. The van der Waals surface area contributed by atoms with E-state index in [1.807, 2.05) is 0 Å². The molecule has 1 spiro atoms. The molecule has 3 nitrogen and oxygen atoms in total. The third-order valence-electron chi connectivity index (χ3n) is 3.77. The van der Waals surface area contributed by atoms with E-state index in [0.717, 1.165) is 19.5 Å². The topological polar surface area (TPSA) is 30.5 Å². The largest absolute Gasteiger partial charge is 0.367 e. The lowest BCUT2D eigenvalue weighted by Crippen LogP contribution is -2.64. The molecule has 2 heterocycles. The van der Waals surface area contributed by atoms with Crippen LogP contribution in [0.5, 0.6) is 0 Å². The fourth-order valence-electron chi connectivity index (χ4n) is 3.32. The molecule has 16 heavy (non-hydrogen) atoms. The molecule has 3 heteroatoms. The van der Waals surface area contributed by atoms with Crippen LogP contribution < -0.4 is 5.32 Å². The van der Waals surface area contributed by atoms with Gasteiger partial charge in [0.25, 0.3) is 0 Å². The minimum Gasteiger partial charge on any atom is -0.367 e. The van der Waals surface area contributed by atoms with E-state index in [1.165, 1.54) is 0 Å². The van der Waals surface area contributed by atoms with E-state index in [4.69, 9.17) is 9.47 Å². The number of rotatable bonds is 0. The summed E-state index contributed by atoms with van der Waals surface area (Å²) in [5.74, 6) is 0. The van der Waals surface area contributed by atoms with Crippen molar-refractivity contribution < 1.29 is 9.47 Å². The normalized spacial score (nSPS) is 40.1. The molecule has 2 fully saturated rings. The van der Waals surface area contributed by atoms with Crippen LogP contribution in [0.4, 0.5) is 0 Å². The summed E-state index contributed by atoms with van der Waals surface area (Å²) in [4.78, 5) is 0. The van der Waals surface area contributed by atoms with Crippen molar-refractivity contribution in [1.29, 1.82) is 0 Å². The fraction of sp³-hybridized carbons (Fsp3) is 1.00. The minimum absolute atomic E-state index is 0.0986. The molecule has 0 aromatic carbocycles. The Morgan fingerprint density at radius 2 is 1.44 bits per heavy atom. The molecular formula is C13H25NO2. The lowest BCUT2D eigenvalue weighted by Gasteiger charge is -2.49. The van der Waals surface area contributed by atoms with E-state index in [-0.39, 0.29) is 22.4 Å². The summed E-state index contributed by atoms with van der Waals surface area (Å²) in [6, 6.07) is 0. The molecule has 1 unspecified atom stereocenters. The molecule has 1 atom stereocenters. The van der Waals surface area contributed by atoms with Crippen LogP contribution in [0.1, 0.15) is 48.0 Å². The highest BCUT2D eigenvalue weighted by Crippen LogP contribution is 2.49. The molecule has 0 aromatic heterocycles. The average Bonchev–Trinajstić information content (AvgIpc) is 2.12. The van der Waals surface area contributed by atoms with Crippen molar-refractivity contribution in [2.24, 2.45) is 0 Å².